The number of carbonyl (C=O) groups excluding carboxylic acids is 2. The quantitative estimate of drug-likeness (QED) is 0.0379. The molecule has 0 heterocycles. The van der Waals surface area contributed by atoms with Crippen LogP contribution in [0.2, 0.25) is 0 Å². The minimum absolute atomic E-state index is 0.0821. The summed E-state index contributed by atoms with van der Waals surface area (Å²) in [5.41, 5.74) is 0. The normalized spacial score (nSPS) is 12.8. The van der Waals surface area contributed by atoms with E-state index in [1.54, 1.807) is 0 Å². The van der Waals surface area contributed by atoms with E-state index in [-0.39, 0.29) is 25.2 Å². The standard InChI is InChI=1S/C51H88O5/c1-3-5-7-9-11-13-15-17-19-21-23-24-25-26-28-29-31-33-35-37-39-41-43-45-50(53)55-48-49(47-52)56-51(54)46-44-42-40-38-36-34-32-30-27-22-20-18-16-14-12-10-8-6-4-2/h6,8,12,14,18,20-21,23,27,30,34,36,49,52H,3-5,7,9-11,13,15-17,19,22,24-26,28-29,31-33,35,37-48H2,1-2H3/b8-6-,14-12-,20-18-,23-21-,30-27-,36-34-. The minimum Gasteiger partial charge on any atom is -0.462 e. The van der Waals surface area contributed by atoms with E-state index < -0.39 is 6.10 Å². The Morgan fingerprint density at radius 1 is 0.429 bits per heavy atom. The predicted octanol–water partition coefficient (Wildman–Crippen LogP) is 15.3. The molecule has 0 radical (unpaired) electrons. The van der Waals surface area contributed by atoms with Crippen LogP contribution in [0.5, 0.6) is 0 Å². The van der Waals surface area contributed by atoms with E-state index in [9.17, 15) is 14.7 Å². The van der Waals surface area contributed by atoms with Crippen LogP contribution in [0.4, 0.5) is 0 Å². The molecule has 322 valence electrons. The van der Waals surface area contributed by atoms with Gasteiger partial charge in [0, 0.05) is 12.8 Å². The smallest absolute Gasteiger partial charge is 0.306 e. The summed E-state index contributed by atoms with van der Waals surface area (Å²) in [6.45, 7) is 4.00. The number of unbranched alkanes of at least 4 members (excludes halogenated alkanes) is 22. The highest BCUT2D eigenvalue weighted by Crippen LogP contribution is 2.14. The third-order valence-corrected chi connectivity index (χ3v) is 9.98. The molecule has 0 rings (SSSR count). The summed E-state index contributed by atoms with van der Waals surface area (Å²) in [4.78, 5) is 24.4. The van der Waals surface area contributed by atoms with E-state index in [1.807, 2.05) is 0 Å². The van der Waals surface area contributed by atoms with Gasteiger partial charge in [-0.05, 0) is 83.5 Å². The molecule has 0 saturated carbocycles. The third kappa shape index (κ3) is 44.1. The lowest BCUT2D eigenvalue weighted by Gasteiger charge is -2.15. The van der Waals surface area contributed by atoms with E-state index in [0.717, 1.165) is 77.0 Å². The number of hydrogen-bond acceptors (Lipinski definition) is 5. The van der Waals surface area contributed by atoms with Gasteiger partial charge in [-0.1, -0.05) is 196 Å². The molecule has 0 saturated heterocycles. The number of aliphatic hydroxyl groups excluding tert-OH is 1. The van der Waals surface area contributed by atoms with Crippen molar-refractivity contribution in [3.8, 4) is 0 Å². The van der Waals surface area contributed by atoms with Crippen molar-refractivity contribution in [3.63, 3.8) is 0 Å². The number of esters is 2. The average Bonchev–Trinajstić information content (AvgIpc) is 3.20. The maximum Gasteiger partial charge on any atom is 0.306 e. The summed E-state index contributed by atoms with van der Waals surface area (Å²) in [6.07, 6.45) is 62.7. The number of ether oxygens (including phenoxy) is 2. The highest BCUT2D eigenvalue weighted by atomic mass is 16.6. The van der Waals surface area contributed by atoms with Crippen LogP contribution in [0.1, 0.15) is 219 Å². The van der Waals surface area contributed by atoms with Gasteiger partial charge in [-0.3, -0.25) is 9.59 Å². The number of hydrogen-bond donors (Lipinski definition) is 1. The highest BCUT2D eigenvalue weighted by molar-refractivity contribution is 5.70. The highest BCUT2D eigenvalue weighted by Gasteiger charge is 2.16. The van der Waals surface area contributed by atoms with Crippen molar-refractivity contribution in [3.05, 3.63) is 72.9 Å². The number of carbonyl (C=O) groups is 2. The van der Waals surface area contributed by atoms with E-state index >= 15 is 0 Å². The Morgan fingerprint density at radius 3 is 1.20 bits per heavy atom. The van der Waals surface area contributed by atoms with Crippen LogP contribution in [0.25, 0.3) is 0 Å². The molecule has 1 unspecified atom stereocenters. The second-order valence-corrected chi connectivity index (χ2v) is 15.4. The van der Waals surface area contributed by atoms with Gasteiger partial charge in [0.05, 0.1) is 6.61 Å². The zero-order valence-electron chi connectivity index (χ0n) is 36.6. The fourth-order valence-corrected chi connectivity index (χ4v) is 6.46. The Kier molecular flexibility index (Phi) is 44.5. The fourth-order valence-electron chi connectivity index (χ4n) is 6.46. The van der Waals surface area contributed by atoms with Gasteiger partial charge < -0.3 is 14.6 Å². The Balaban J connectivity index is 3.57. The van der Waals surface area contributed by atoms with Crippen LogP contribution >= 0.6 is 0 Å². The molecule has 0 aromatic heterocycles. The van der Waals surface area contributed by atoms with Crippen molar-refractivity contribution < 1.29 is 24.2 Å². The molecule has 0 aliphatic carbocycles. The predicted molar refractivity (Wildman–Crippen MR) is 242 cm³/mol. The first-order valence-electron chi connectivity index (χ1n) is 23.5. The molecule has 0 aromatic carbocycles. The zero-order chi connectivity index (χ0) is 40.7. The molecule has 0 aliphatic heterocycles. The van der Waals surface area contributed by atoms with Crippen molar-refractivity contribution in [1.82, 2.24) is 0 Å². The summed E-state index contributed by atoms with van der Waals surface area (Å²) in [7, 11) is 0. The van der Waals surface area contributed by atoms with Gasteiger partial charge >= 0.3 is 11.9 Å². The average molecular weight is 781 g/mol. The van der Waals surface area contributed by atoms with Crippen LogP contribution in [0.15, 0.2) is 72.9 Å². The molecular formula is C51H88O5. The first kappa shape index (κ1) is 53.3. The Hall–Kier alpha value is -2.66. The first-order valence-corrected chi connectivity index (χ1v) is 23.5. The molecule has 0 aliphatic rings. The van der Waals surface area contributed by atoms with E-state index in [4.69, 9.17) is 9.47 Å². The van der Waals surface area contributed by atoms with E-state index in [0.29, 0.717) is 12.8 Å². The van der Waals surface area contributed by atoms with Crippen LogP contribution < -0.4 is 0 Å². The second kappa shape index (κ2) is 46.7. The summed E-state index contributed by atoms with van der Waals surface area (Å²) < 4.78 is 10.6. The van der Waals surface area contributed by atoms with Crippen molar-refractivity contribution in [2.24, 2.45) is 0 Å². The lowest BCUT2D eigenvalue weighted by molar-refractivity contribution is -0.161. The number of allylic oxidation sites excluding steroid dienone is 12. The van der Waals surface area contributed by atoms with Gasteiger partial charge in [0.2, 0.25) is 0 Å². The lowest BCUT2D eigenvalue weighted by atomic mass is 10.0. The third-order valence-electron chi connectivity index (χ3n) is 9.98. The van der Waals surface area contributed by atoms with Gasteiger partial charge in [-0.25, -0.2) is 0 Å². The molecule has 1 atom stereocenters. The molecule has 1 N–H and O–H groups in total. The van der Waals surface area contributed by atoms with E-state index in [2.05, 4.69) is 86.8 Å². The largest absolute Gasteiger partial charge is 0.462 e. The Bertz CT molecular complexity index is 1020. The van der Waals surface area contributed by atoms with E-state index in [1.165, 1.54) is 116 Å². The number of aliphatic hydroxyl groups is 1. The van der Waals surface area contributed by atoms with Crippen LogP contribution in [-0.4, -0.2) is 36.4 Å². The monoisotopic (exact) mass is 781 g/mol. The van der Waals surface area contributed by atoms with Gasteiger partial charge in [-0.15, -0.1) is 0 Å². The molecular weight excluding hydrogens is 693 g/mol. The lowest BCUT2D eigenvalue weighted by Crippen LogP contribution is -2.28. The Labute approximate surface area is 346 Å². The minimum atomic E-state index is -0.793. The summed E-state index contributed by atoms with van der Waals surface area (Å²) in [6, 6.07) is 0. The van der Waals surface area contributed by atoms with Crippen molar-refractivity contribution >= 4 is 11.9 Å². The summed E-state index contributed by atoms with van der Waals surface area (Å²) in [5.74, 6) is -0.629. The first-order chi connectivity index (χ1) is 27.6. The molecule has 0 spiro atoms. The molecule has 0 fully saturated rings. The fraction of sp³-hybridized carbons (Fsp3) is 0.725. The zero-order valence-corrected chi connectivity index (χ0v) is 36.6. The molecule has 0 bridgehead atoms. The van der Waals surface area contributed by atoms with Gasteiger partial charge in [0.1, 0.15) is 6.61 Å². The Morgan fingerprint density at radius 2 is 0.768 bits per heavy atom. The summed E-state index contributed by atoms with van der Waals surface area (Å²) >= 11 is 0. The van der Waals surface area contributed by atoms with Gasteiger partial charge in [0.15, 0.2) is 6.10 Å². The van der Waals surface area contributed by atoms with Crippen molar-refractivity contribution in [2.75, 3.05) is 13.2 Å². The second-order valence-electron chi connectivity index (χ2n) is 15.4. The molecule has 5 nitrogen and oxygen atoms in total. The number of rotatable bonds is 42. The van der Waals surface area contributed by atoms with Gasteiger partial charge in [0.25, 0.3) is 0 Å². The molecule has 0 aromatic rings. The summed E-state index contributed by atoms with van der Waals surface area (Å²) in [5, 5.41) is 9.60. The SMILES string of the molecule is CC/C=C\C/C=C\C/C=C\C/C=C\C/C=C\CCCCCC(=O)OC(CO)COC(=O)CCCCCCCCCCCCC/C=C\CCCCCCCCCC. The molecule has 56 heavy (non-hydrogen) atoms. The maximum atomic E-state index is 12.2. The van der Waals surface area contributed by atoms with Crippen LogP contribution in [-0.2, 0) is 19.1 Å². The van der Waals surface area contributed by atoms with Crippen molar-refractivity contribution in [2.45, 2.75) is 225 Å². The van der Waals surface area contributed by atoms with Crippen LogP contribution in [0.3, 0.4) is 0 Å². The maximum absolute atomic E-state index is 12.2. The van der Waals surface area contributed by atoms with Crippen molar-refractivity contribution in [1.29, 1.82) is 0 Å². The van der Waals surface area contributed by atoms with Gasteiger partial charge in [-0.2, -0.15) is 0 Å². The topological polar surface area (TPSA) is 72.8 Å². The van der Waals surface area contributed by atoms with Crippen LogP contribution in [0, 0.1) is 0 Å². The molecule has 0 amide bonds. The molecule has 5 heteroatoms.